The van der Waals surface area contributed by atoms with Crippen molar-refractivity contribution >= 4 is 38.9 Å². The number of allylic oxidation sites excluding steroid dienone is 1. The van der Waals surface area contributed by atoms with E-state index in [9.17, 15) is 8.42 Å². The van der Waals surface area contributed by atoms with Crippen LogP contribution in [-0.4, -0.2) is 21.2 Å². The topological polar surface area (TPSA) is 37.4 Å². The second-order valence-electron chi connectivity index (χ2n) is 5.18. The lowest BCUT2D eigenvalue weighted by Gasteiger charge is -2.26. The molecule has 0 saturated heterocycles. The van der Waals surface area contributed by atoms with Crippen LogP contribution in [0.1, 0.15) is 38.2 Å². The molecule has 0 aromatic heterocycles. The second kappa shape index (κ2) is 8.06. The highest BCUT2D eigenvalue weighted by molar-refractivity contribution is 7.92. The third kappa shape index (κ3) is 5.89. The molecule has 0 aliphatic rings. The van der Waals surface area contributed by atoms with E-state index in [0.29, 0.717) is 19.4 Å². The molecule has 0 amide bonds. The molecule has 1 rings (SSSR count). The molecule has 0 bridgehead atoms. The van der Waals surface area contributed by atoms with Gasteiger partial charge in [-0.1, -0.05) is 61.3 Å². The monoisotopic (exact) mass is 349 g/mol. The van der Waals surface area contributed by atoms with Gasteiger partial charge in [-0.2, -0.15) is 0 Å². The molecule has 0 spiro atoms. The molecule has 6 heteroatoms. The predicted molar refractivity (Wildman–Crippen MR) is 91.7 cm³/mol. The Labute approximate surface area is 137 Å². The molecule has 21 heavy (non-hydrogen) atoms. The number of hydrogen-bond donors (Lipinski definition) is 0. The fraction of sp³-hybridized carbons (Fsp3) is 0.467. The summed E-state index contributed by atoms with van der Waals surface area (Å²) in [5.74, 6) is 0.252. The molecule has 0 unspecified atom stereocenters. The minimum Gasteiger partial charge on any atom is -0.270 e. The van der Waals surface area contributed by atoms with E-state index in [1.54, 1.807) is 6.08 Å². The summed E-state index contributed by atoms with van der Waals surface area (Å²) in [4.78, 5) is 0. The highest BCUT2D eigenvalue weighted by atomic mass is 35.5. The first-order valence-corrected chi connectivity index (χ1v) is 9.41. The molecular formula is C15H21Cl2NO2S. The fourth-order valence-electron chi connectivity index (χ4n) is 2.11. The molecule has 3 nitrogen and oxygen atoms in total. The van der Waals surface area contributed by atoms with E-state index in [2.05, 4.69) is 13.8 Å². The fourth-order valence-corrected chi connectivity index (χ4v) is 3.32. The summed E-state index contributed by atoms with van der Waals surface area (Å²) < 4.78 is 25.9. The van der Waals surface area contributed by atoms with E-state index in [4.69, 9.17) is 23.2 Å². The van der Waals surface area contributed by atoms with Crippen LogP contribution in [0.3, 0.4) is 0 Å². The van der Waals surface area contributed by atoms with Crippen LogP contribution in [-0.2, 0) is 10.0 Å². The number of unbranched alkanes of at least 4 members (excludes halogenated alkanes) is 1. The van der Waals surface area contributed by atoms with E-state index < -0.39 is 10.0 Å². The summed E-state index contributed by atoms with van der Waals surface area (Å²) in [7, 11) is -3.33. The van der Waals surface area contributed by atoms with Crippen LogP contribution in [0.15, 0.2) is 34.8 Å². The maximum atomic E-state index is 12.1. The summed E-state index contributed by atoms with van der Waals surface area (Å²) in [6, 6.07) is 7.60. The summed E-state index contributed by atoms with van der Waals surface area (Å²) in [5.41, 5.74) is 1.77. The van der Waals surface area contributed by atoms with Crippen molar-refractivity contribution in [3.8, 4) is 0 Å². The van der Waals surface area contributed by atoms with Crippen molar-refractivity contribution < 1.29 is 8.42 Å². The predicted octanol–water partition coefficient (Wildman–Crippen LogP) is 4.68. The summed E-state index contributed by atoms with van der Waals surface area (Å²) >= 11 is 11.1. The van der Waals surface area contributed by atoms with Gasteiger partial charge in [0.1, 0.15) is 4.49 Å². The quantitative estimate of drug-likeness (QED) is 0.670. The van der Waals surface area contributed by atoms with Crippen molar-refractivity contribution in [1.29, 1.82) is 0 Å². The molecule has 1 aromatic carbocycles. The first kappa shape index (κ1) is 18.3. The average molecular weight is 350 g/mol. The Hall–Kier alpha value is -0.710. The Morgan fingerprint density at radius 2 is 1.90 bits per heavy atom. The lowest BCUT2D eigenvalue weighted by atomic mass is 10.0. The Bertz CT molecular complexity index is 593. The lowest BCUT2D eigenvalue weighted by molar-refractivity contribution is 0.595. The number of para-hydroxylation sites is 1. The maximum absolute atomic E-state index is 12.1. The first-order valence-electron chi connectivity index (χ1n) is 6.81. The number of anilines is 1. The van der Waals surface area contributed by atoms with Crippen molar-refractivity contribution in [1.82, 2.24) is 0 Å². The largest absolute Gasteiger partial charge is 0.270 e. The molecule has 118 valence electrons. The van der Waals surface area contributed by atoms with E-state index >= 15 is 0 Å². The maximum Gasteiger partial charge on any atom is 0.232 e. The van der Waals surface area contributed by atoms with Gasteiger partial charge in [0, 0.05) is 6.54 Å². The Morgan fingerprint density at radius 3 is 2.43 bits per heavy atom. The van der Waals surface area contributed by atoms with Gasteiger partial charge in [0.25, 0.3) is 0 Å². The Morgan fingerprint density at radius 1 is 1.29 bits per heavy atom. The van der Waals surface area contributed by atoms with Gasteiger partial charge in [-0.3, -0.25) is 4.31 Å². The molecule has 0 fully saturated rings. The van der Waals surface area contributed by atoms with E-state index in [1.807, 2.05) is 24.3 Å². The molecule has 0 saturated carbocycles. The van der Waals surface area contributed by atoms with Crippen molar-refractivity contribution in [3.05, 3.63) is 40.4 Å². The number of halogens is 2. The van der Waals surface area contributed by atoms with Crippen molar-refractivity contribution in [2.45, 2.75) is 32.6 Å². The van der Waals surface area contributed by atoms with Gasteiger partial charge < -0.3 is 0 Å². The number of hydrogen-bond acceptors (Lipinski definition) is 2. The molecule has 0 radical (unpaired) electrons. The smallest absolute Gasteiger partial charge is 0.232 e. The normalized spacial score (nSPS) is 11.5. The van der Waals surface area contributed by atoms with Gasteiger partial charge in [-0.15, -0.1) is 0 Å². The van der Waals surface area contributed by atoms with Crippen LogP contribution in [0.5, 0.6) is 0 Å². The zero-order valence-electron chi connectivity index (χ0n) is 12.5. The van der Waals surface area contributed by atoms with Crippen LogP contribution in [0.4, 0.5) is 5.69 Å². The van der Waals surface area contributed by atoms with Crippen molar-refractivity contribution in [3.63, 3.8) is 0 Å². The molecule has 0 N–H and O–H groups in total. The zero-order chi connectivity index (χ0) is 16.0. The van der Waals surface area contributed by atoms with Crippen LogP contribution in [0, 0.1) is 0 Å². The van der Waals surface area contributed by atoms with Gasteiger partial charge in [0.2, 0.25) is 10.0 Å². The summed E-state index contributed by atoms with van der Waals surface area (Å²) in [5, 5.41) is 0. The SMILES string of the molecule is CC(C)c1ccccc1N(CCCC=C(Cl)Cl)S(C)(=O)=O. The van der Waals surface area contributed by atoms with Gasteiger partial charge in [0.05, 0.1) is 11.9 Å². The summed E-state index contributed by atoms with van der Waals surface area (Å²) in [6.45, 7) is 4.50. The van der Waals surface area contributed by atoms with Crippen molar-refractivity contribution in [2.75, 3.05) is 17.1 Å². The number of benzene rings is 1. The average Bonchev–Trinajstić information content (AvgIpc) is 2.36. The summed E-state index contributed by atoms with van der Waals surface area (Å²) in [6.07, 6.45) is 4.20. The molecule has 1 aromatic rings. The van der Waals surface area contributed by atoms with Gasteiger partial charge in [-0.05, 0) is 30.4 Å². The van der Waals surface area contributed by atoms with Gasteiger partial charge >= 0.3 is 0 Å². The van der Waals surface area contributed by atoms with E-state index in [0.717, 1.165) is 11.3 Å². The molecule has 0 heterocycles. The third-order valence-corrected chi connectivity index (χ3v) is 4.58. The standard InChI is InChI=1S/C15H21Cl2NO2S/c1-12(2)13-8-4-5-9-14(13)18(21(3,19)20)11-7-6-10-15(16)17/h4-5,8-10,12H,6-7,11H2,1-3H3. The molecule has 0 atom stereocenters. The Kier molecular flexibility index (Phi) is 7.04. The molecule has 0 aliphatic heterocycles. The van der Waals surface area contributed by atoms with Crippen LogP contribution in [0.2, 0.25) is 0 Å². The van der Waals surface area contributed by atoms with Crippen LogP contribution in [0.25, 0.3) is 0 Å². The van der Waals surface area contributed by atoms with E-state index in [1.165, 1.54) is 10.6 Å². The lowest BCUT2D eigenvalue weighted by Crippen LogP contribution is -2.31. The highest BCUT2D eigenvalue weighted by Gasteiger charge is 2.20. The number of sulfonamides is 1. The number of nitrogens with zero attached hydrogens (tertiary/aromatic N) is 1. The third-order valence-electron chi connectivity index (χ3n) is 3.09. The number of rotatable bonds is 7. The first-order chi connectivity index (χ1) is 9.73. The van der Waals surface area contributed by atoms with Crippen molar-refractivity contribution in [2.24, 2.45) is 0 Å². The highest BCUT2D eigenvalue weighted by Crippen LogP contribution is 2.29. The molecular weight excluding hydrogens is 329 g/mol. The zero-order valence-corrected chi connectivity index (χ0v) is 14.8. The van der Waals surface area contributed by atoms with Gasteiger partial charge in [-0.25, -0.2) is 8.42 Å². The Balaban J connectivity index is 3.02. The van der Waals surface area contributed by atoms with E-state index in [-0.39, 0.29) is 10.4 Å². The van der Waals surface area contributed by atoms with Crippen LogP contribution >= 0.6 is 23.2 Å². The van der Waals surface area contributed by atoms with Crippen LogP contribution < -0.4 is 4.31 Å². The van der Waals surface area contributed by atoms with Gasteiger partial charge in [0.15, 0.2) is 0 Å². The minimum atomic E-state index is -3.33. The molecule has 0 aliphatic carbocycles. The second-order valence-corrected chi connectivity index (χ2v) is 8.10. The minimum absolute atomic E-state index is 0.212.